The zero-order valence-corrected chi connectivity index (χ0v) is 21.6. The lowest BCUT2D eigenvalue weighted by molar-refractivity contribution is 0.0988. The van der Waals surface area contributed by atoms with E-state index in [9.17, 15) is 9.18 Å². The Balaban J connectivity index is 1.50. The van der Waals surface area contributed by atoms with Crippen LogP contribution in [0.25, 0.3) is 22.3 Å². The van der Waals surface area contributed by atoms with Crippen LogP contribution < -0.4 is 9.64 Å². The Hall–Kier alpha value is -3.85. The lowest BCUT2D eigenvalue weighted by Gasteiger charge is -2.37. The lowest BCUT2D eigenvalue weighted by Crippen LogP contribution is -2.42. The van der Waals surface area contributed by atoms with Crippen LogP contribution in [0.2, 0.25) is 0 Å². The van der Waals surface area contributed by atoms with Crippen molar-refractivity contribution in [2.24, 2.45) is 7.05 Å². The number of ether oxygens (including phenoxy) is 1. The summed E-state index contributed by atoms with van der Waals surface area (Å²) in [6.45, 7) is 2.07. The van der Waals surface area contributed by atoms with E-state index in [2.05, 4.69) is 39.0 Å². The van der Waals surface area contributed by atoms with Gasteiger partial charge in [0.2, 0.25) is 0 Å². The maximum Gasteiger partial charge on any atom is 0.185 e. The van der Waals surface area contributed by atoms with E-state index in [-0.39, 0.29) is 29.3 Å². The Bertz CT molecular complexity index is 1440. The summed E-state index contributed by atoms with van der Waals surface area (Å²) in [6, 6.07) is 10.5. The first-order valence-corrected chi connectivity index (χ1v) is 12.4. The number of fused-ring (bicyclic) bond motifs is 1. The minimum Gasteiger partial charge on any atom is -0.496 e. The van der Waals surface area contributed by atoms with Crippen molar-refractivity contribution in [1.29, 1.82) is 0 Å². The van der Waals surface area contributed by atoms with Crippen LogP contribution in [0.15, 0.2) is 48.8 Å². The number of aryl methyl sites for hydroxylation is 1. The highest BCUT2D eigenvalue weighted by Gasteiger charge is 2.26. The maximum absolute atomic E-state index is 14.6. The number of aromatic nitrogens is 4. The standard InChI is InChI=1S/C28H31FN6O2/c1-33-14-11-19(12-15-33)34(2)27-18(8-9-23-20(27)17-31-35(23)3)16-24(36)22-10-13-30-28(32-22)26-21(29)6-5-7-25(26)37-4/h5-10,13,17,19H,11-12,14-16H2,1-4H3. The Labute approximate surface area is 215 Å². The molecule has 1 saturated heterocycles. The number of benzene rings is 2. The van der Waals surface area contributed by atoms with Crippen LogP contribution in [0.4, 0.5) is 10.1 Å². The molecule has 3 heterocycles. The molecule has 0 N–H and O–H groups in total. The highest BCUT2D eigenvalue weighted by Crippen LogP contribution is 2.34. The van der Waals surface area contributed by atoms with Gasteiger partial charge in [0, 0.05) is 38.1 Å². The van der Waals surface area contributed by atoms with Crippen LogP contribution in [0, 0.1) is 5.82 Å². The molecule has 5 rings (SSSR count). The number of piperidine rings is 1. The fraction of sp³-hybridized carbons (Fsp3) is 0.357. The molecule has 0 bridgehead atoms. The molecule has 9 heteroatoms. The molecule has 0 atom stereocenters. The average molecular weight is 503 g/mol. The number of ketones is 1. The molecule has 37 heavy (non-hydrogen) atoms. The summed E-state index contributed by atoms with van der Waals surface area (Å²) in [5.41, 5.74) is 3.32. The van der Waals surface area contributed by atoms with Crippen molar-refractivity contribution in [2.75, 3.05) is 39.2 Å². The molecular formula is C28H31FN6O2. The number of halogens is 1. The lowest BCUT2D eigenvalue weighted by atomic mass is 9.98. The summed E-state index contributed by atoms with van der Waals surface area (Å²) in [6.07, 6.45) is 5.62. The van der Waals surface area contributed by atoms with Crippen molar-refractivity contribution in [3.8, 4) is 17.1 Å². The Morgan fingerprint density at radius 2 is 1.95 bits per heavy atom. The van der Waals surface area contributed by atoms with Crippen molar-refractivity contribution in [3.05, 3.63) is 65.9 Å². The highest BCUT2D eigenvalue weighted by atomic mass is 19.1. The second kappa shape index (κ2) is 10.3. The fourth-order valence-electron chi connectivity index (χ4n) is 5.17. The van der Waals surface area contributed by atoms with E-state index in [1.165, 1.54) is 19.4 Å². The number of rotatable bonds is 7. The van der Waals surface area contributed by atoms with E-state index in [1.807, 2.05) is 30.1 Å². The summed E-state index contributed by atoms with van der Waals surface area (Å²) in [5, 5.41) is 5.49. The van der Waals surface area contributed by atoms with Gasteiger partial charge in [0.1, 0.15) is 17.3 Å². The maximum atomic E-state index is 14.6. The number of carbonyl (C=O) groups excluding carboxylic acids is 1. The summed E-state index contributed by atoms with van der Waals surface area (Å²) >= 11 is 0. The minimum atomic E-state index is -0.506. The van der Waals surface area contributed by atoms with Crippen molar-refractivity contribution in [2.45, 2.75) is 25.3 Å². The van der Waals surface area contributed by atoms with Gasteiger partial charge in [0.25, 0.3) is 0 Å². The molecular weight excluding hydrogens is 471 g/mol. The molecule has 4 aromatic rings. The van der Waals surface area contributed by atoms with Crippen molar-refractivity contribution < 1.29 is 13.9 Å². The largest absolute Gasteiger partial charge is 0.496 e. The molecule has 0 radical (unpaired) electrons. The zero-order chi connectivity index (χ0) is 26.1. The van der Waals surface area contributed by atoms with Crippen molar-refractivity contribution in [1.82, 2.24) is 24.6 Å². The third kappa shape index (κ3) is 4.79. The predicted molar refractivity (Wildman–Crippen MR) is 142 cm³/mol. The molecule has 0 unspecified atom stereocenters. The number of Topliss-reactive ketones (excluding diaryl/α,β-unsaturated/α-hetero) is 1. The van der Waals surface area contributed by atoms with Crippen LogP contribution in [-0.2, 0) is 13.5 Å². The third-order valence-corrected chi connectivity index (χ3v) is 7.29. The molecule has 2 aromatic carbocycles. The first kappa shape index (κ1) is 24.8. The van der Waals surface area contributed by atoms with Gasteiger partial charge in [0.15, 0.2) is 11.6 Å². The van der Waals surface area contributed by atoms with Gasteiger partial charge in [-0.15, -0.1) is 0 Å². The molecule has 192 valence electrons. The van der Waals surface area contributed by atoms with Gasteiger partial charge >= 0.3 is 0 Å². The number of hydrogen-bond donors (Lipinski definition) is 0. The van der Waals surface area contributed by atoms with E-state index in [4.69, 9.17) is 4.74 Å². The van der Waals surface area contributed by atoms with Gasteiger partial charge in [0.05, 0.1) is 30.1 Å². The molecule has 0 aliphatic carbocycles. The summed E-state index contributed by atoms with van der Waals surface area (Å²) in [5.74, 6) is -0.242. The van der Waals surface area contributed by atoms with Crippen molar-refractivity contribution >= 4 is 22.4 Å². The third-order valence-electron chi connectivity index (χ3n) is 7.29. The molecule has 0 saturated carbocycles. The number of likely N-dealkylation sites (tertiary alicyclic amines) is 1. The zero-order valence-electron chi connectivity index (χ0n) is 21.6. The van der Waals surface area contributed by atoms with Gasteiger partial charge in [-0.2, -0.15) is 5.10 Å². The van der Waals surface area contributed by atoms with Gasteiger partial charge in [-0.05, 0) is 62.8 Å². The van der Waals surface area contributed by atoms with E-state index < -0.39 is 5.82 Å². The van der Waals surface area contributed by atoms with E-state index >= 15 is 0 Å². The van der Waals surface area contributed by atoms with E-state index in [1.54, 1.807) is 18.2 Å². The second-order valence-electron chi connectivity index (χ2n) is 9.60. The Morgan fingerprint density at radius 3 is 2.70 bits per heavy atom. The number of nitrogens with zero attached hydrogens (tertiary/aromatic N) is 6. The first-order valence-electron chi connectivity index (χ1n) is 12.4. The van der Waals surface area contributed by atoms with Gasteiger partial charge < -0.3 is 14.5 Å². The Kier molecular flexibility index (Phi) is 6.88. The smallest absolute Gasteiger partial charge is 0.185 e. The molecule has 1 fully saturated rings. The second-order valence-corrected chi connectivity index (χ2v) is 9.60. The van der Waals surface area contributed by atoms with E-state index in [0.29, 0.717) is 11.8 Å². The minimum absolute atomic E-state index is 0.118. The fourth-order valence-corrected chi connectivity index (χ4v) is 5.17. The van der Waals surface area contributed by atoms with E-state index in [0.717, 1.165) is 48.1 Å². The quantitative estimate of drug-likeness (QED) is 0.352. The van der Waals surface area contributed by atoms with Crippen LogP contribution in [0.5, 0.6) is 5.75 Å². The van der Waals surface area contributed by atoms with Crippen LogP contribution in [0.3, 0.4) is 0 Å². The SMILES string of the molecule is COc1cccc(F)c1-c1nccc(C(=O)Cc2ccc3c(cnn3C)c2N(C)C2CCN(C)CC2)n1. The summed E-state index contributed by atoms with van der Waals surface area (Å²) < 4.78 is 21.8. The monoisotopic (exact) mass is 502 g/mol. The summed E-state index contributed by atoms with van der Waals surface area (Å²) in [4.78, 5) is 26.8. The first-order chi connectivity index (χ1) is 17.9. The number of carbonyl (C=O) groups is 1. The molecule has 0 spiro atoms. The molecule has 0 amide bonds. The summed E-state index contributed by atoms with van der Waals surface area (Å²) in [7, 11) is 7.64. The number of hydrogen-bond acceptors (Lipinski definition) is 7. The highest BCUT2D eigenvalue weighted by molar-refractivity contribution is 6.00. The molecule has 1 aliphatic rings. The van der Waals surface area contributed by atoms with Gasteiger partial charge in [-0.3, -0.25) is 9.48 Å². The molecule has 2 aromatic heterocycles. The van der Waals surface area contributed by atoms with Crippen molar-refractivity contribution in [3.63, 3.8) is 0 Å². The van der Waals surface area contributed by atoms with Crippen LogP contribution in [-0.4, -0.2) is 70.8 Å². The molecule has 8 nitrogen and oxygen atoms in total. The van der Waals surface area contributed by atoms with Crippen LogP contribution in [0.1, 0.15) is 28.9 Å². The molecule has 1 aliphatic heterocycles. The van der Waals surface area contributed by atoms with Crippen LogP contribution >= 0.6 is 0 Å². The van der Waals surface area contributed by atoms with Gasteiger partial charge in [-0.1, -0.05) is 12.1 Å². The predicted octanol–water partition coefficient (Wildman–Crippen LogP) is 4.13. The topological polar surface area (TPSA) is 76.4 Å². The number of methoxy groups -OCH3 is 1. The normalized spacial score (nSPS) is 14.7. The number of anilines is 1. The van der Waals surface area contributed by atoms with Gasteiger partial charge in [-0.25, -0.2) is 14.4 Å². The average Bonchev–Trinajstić information content (AvgIpc) is 3.29. The Morgan fingerprint density at radius 1 is 1.16 bits per heavy atom.